The number of halogens is 1. The Balaban J connectivity index is 1.71. The summed E-state index contributed by atoms with van der Waals surface area (Å²) >= 11 is 3.43. The van der Waals surface area contributed by atoms with Gasteiger partial charge < -0.3 is 0 Å². The number of aliphatic imine (C=N–C) groups is 1. The third kappa shape index (κ3) is 3.69. The van der Waals surface area contributed by atoms with Gasteiger partial charge in [0.25, 0.3) is 0 Å². The fourth-order valence-corrected chi connectivity index (χ4v) is 3.67. The van der Waals surface area contributed by atoms with Crippen LogP contribution in [0.25, 0.3) is 27.5 Å². The first-order valence-electron chi connectivity index (χ1n) is 9.21. The SMILES string of the molecule is C=C(c1ccc(-c2cccc3ccccc23)cc1)c1ccccc1/N=C(\C)Br. The minimum atomic E-state index is 0.846. The van der Waals surface area contributed by atoms with Crippen LogP contribution in [0.15, 0.2) is 103 Å². The standard InChI is InChI=1S/C26H20BrN/c1-18(23-10-5-6-13-26(23)28-19(2)27)20-14-16-22(17-15-20)25-12-7-9-21-8-3-4-11-24(21)25/h3-17H,1H2,2H3/b28-19+. The van der Waals surface area contributed by atoms with Gasteiger partial charge >= 0.3 is 0 Å². The normalized spacial score (nSPS) is 11.6. The Kier molecular flexibility index (Phi) is 5.23. The summed E-state index contributed by atoms with van der Waals surface area (Å²) in [6.45, 7) is 6.26. The van der Waals surface area contributed by atoms with E-state index in [4.69, 9.17) is 0 Å². The van der Waals surface area contributed by atoms with Gasteiger partial charge in [0, 0.05) is 5.56 Å². The van der Waals surface area contributed by atoms with Crippen molar-refractivity contribution in [3.05, 3.63) is 109 Å². The van der Waals surface area contributed by atoms with Gasteiger partial charge in [0.05, 0.1) is 10.3 Å². The second-order valence-corrected chi connectivity index (χ2v) is 7.86. The number of nitrogens with zero attached hydrogens (tertiary/aromatic N) is 1. The number of rotatable bonds is 4. The Morgan fingerprint density at radius 1 is 0.786 bits per heavy atom. The molecule has 0 fully saturated rings. The molecule has 1 nitrogen and oxygen atoms in total. The van der Waals surface area contributed by atoms with Crippen LogP contribution in [0.4, 0.5) is 5.69 Å². The maximum absolute atomic E-state index is 4.58. The van der Waals surface area contributed by atoms with E-state index >= 15 is 0 Å². The molecule has 0 bridgehead atoms. The van der Waals surface area contributed by atoms with Crippen LogP contribution < -0.4 is 0 Å². The lowest BCUT2D eigenvalue weighted by atomic mass is 9.94. The van der Waals surface area contributed by atoms with E-state index in [0.29, 0.717) is 0 Å². The summed E-state index contributed by atoms with van der Waals surface area (Å²) in [4.78, 5) is 4.58. The highest BCUT2D eigenvalue weighted by atomic mass is 79.9. The predicted octanol–water partition coefficient (Wildman–Crippen LogP) is 8.01. The van der Waals surface area contributed by atoms with Crippen molar-refractivity contribution in [2.45, 2.75) is 6.92 Å². The first-order chi connectivity index (χ1) is 13.6. The van der Waals surface area contributed by atoms with Crippen LogP contribution in [0.3, 0.4) is 0 Å². The zero-order valence-electron chi connectivity index (χ0n) is 15.7. The zero-order chi connectivity index (χ0) is 19.5. The molecule has 0 aromatic heterocycles. The lowest BCUT2D eigenvalue weighted by Gasteiger charge is -2.11. The molecular formula is C26H20BrN. The maximum Gasteiger partial charge on any atom is 0.0805 e. The lowest BCUT2D eigenvalue weighted by Crippen LogP contribution is -1.89. The van der Waals surface area contributed by atoms with E-state index in [9.17, 15) is 0 Å². The number of hydrogen-bond acceptors (Lipinski definition) is 1. The van der Waals surface area contributed by atoms with Crippen LogP contribution in [0, 0.1) is 0 Å². The highest BCUT2D eigenvalue weighted by Gasteiger charge is 2.09. The van der Waals surface area contributed by atoms with E-state index in [1.165, 1.54) is 21.9 Å². The monoisotopic (exact) mass is 425 g/mol. The van der Waals surface area contributed by atoms with Gasteiger partial charge in [-0.1, -0.05) is 91.5 Å². The first-order valence-corrected chi connectivity index (χ1v) is 10.0. The molecule has 0 aliphatic carbocycles. The molecule has 136 valence electrons. The lowest BCUT2D eigenvalue weighted by molar-refractivity contribution is 1.47. The third-order valence-electron chi connectivity index (χ3n) is 4.84. The number of fused-ring (bicyclic) bond motifs is 1. The highest BCUT2D eigenvalue weighted by molar-refractivity contribution is 9.18. The molecule has 0 N–H and O–H groups in total. The van der Waals surface area contributed by atoms with Gasteiger partial charge in [0.1, 0.15) is 0 Å². The van der Waals surface area contributed by atoms with Crippen LogP contribution in [0.2, 0.25) is 0 Å². The topological polar surface area (TPSA) is 12.4 Å². The molecule has 0 radical (unpaired) electrons. The van der Waals surface area contributed by atoms with E-state index in [0.717, 1.165) is 27.0 Å². The quantitative estimate of drug-likeness (QED) is 0.293. The van der Waals surface area contributed by atoms with Crippen LogP contribution in [0.1, 0.15) is 18.1 Å². The summed E-state index contributed by atoms with van der Waals surface area (Å²) < 4.78 is 0.846. The first kappa shape index (κ1) is 18.4. The van der Waals surface area contributed by atoms with Crippen molar-refractivity contribution < 1.29 is 0 Å². The Labute approximate surface area is 174 Å². The molecular weight excluding hydrogens is 406 g/mol. The molecule has 0 aliphatic rings. The molecule has 4 aromatic carbocycles. The summed E-state index contributed by atoms with van der Waals surface area (Å²) in [5.41, 5.74) is 6.47. The molecule has 0 saturated heterocycles. The van der Waals surface area contributed by atoms with Gasteiger partial charge in [-0.3, -0.25) is 0 Å². The fraction of sp³-hybridized carbons (Fsp3) is 0.0385. The van der Waals surface area contributed by atoms with Crippen molar-refractivity contribution in [2.75, 3.05) is 0 Å². The number of benzene rings is 4. The Morgan fingerprint density at radius 3 is 2.25 bits per heavy atom. The zero-order valence-corrected chi connectivity index (χ0v) is 17.3. The molecule has 2 heteroatoms. The van der Waals surface area contributed by atoms with Crippen molar-refractivity contribution >= 4 is 42.6 Å². The molecule has 0 spiro atoms. The molecule has 28 heavy (non-hydrogen) atoms. The van der Waals surface area contributed by atoms with E-state index in [-0.39, 0.29) is 0 Å². The van der Waals surface area contributed by atoms with Crippen molar-refractivity contribution in [2.24, 2.45) is 4.99 Å². The van der Waals surface area contributed by atoms with Gasteiger partial charge in [0.2, 0.25) is 0 Å². The molecule has 0 saturated carbocycles. The molecule has 4 rings (SSSR count). The van der Waals surface area contributed by atoms with Gasteiger partial charge in [-0.25, -0.2) is 4.99 Å². The van der Waals surface area contributed by atoms with Crippen molar-refractivity contribution in [3.63, 3.8) is 0 Å². The second-order valence-electron chi connectivity index (χ2n) is 6.71. The van der Waals surface area contributed by atoms with Gasteiger partial charge in [0.15, 0.2) is 0 Å². The van der Waals surface area contributed by atoms with E-state index in [1.807, 2.05) is 25.1 Å². The van der Waals surface area contributed by atoms with E-state index < -0.39 is 0 Å². The van der Waals surface area contributed by atoms with E-state index in [2.05, 4.69) is 100 Å². The average molecular weight is 426 g/mol. The summed E-state index contributed by atoms with van der Waals surface area (Å²) in [6, 6.07) is 31.6. The van der Waals surface area contributed by atoms with Crippen LogP contribution >= 0.6 is 15.9 Å². The molecule has 4 aromatic rings. The smallest absolute Gasteiger partial charge is 0.0805 e. The molecule has 0 atom stereocenters. The van der Waals surface area contributed by atoms with E-state index in [1.54, 1.807) is 0 Å². The van der Waals surface area contributed by atoms with Gasteiger partial charge in [-0.15, -0.1) is 0 Å². The average Bonchev–Trinajstić information content (AvgIpc) is 2.73. The molecule has 0 aliphatic heterocycles. The molecule has 0 amide bonds. The predicted molar refractivity (Wildman–Crippen MR) is 126 cm³/mol. The Hall–Kier alpha value is -2.97. The second kappa shape index (κ2) is 7.95. The van der Waals surface area contributed by atoms with Gasteiger partial charge in [-0.2, -0.15) is 0 Å². The summed E-state index contributed by atoms with van der Waals surface area (Å²) in [5, 5.41) is 2.52. The Bertz CT molecular complexity index is 1180. The number of hydrogen-bond donors (Lipinski definition) is 0. The largest absolute Gasteiger partial charge is 0.246 e. The maximum atomic E-state index is 4.58. The third-order valence-corrected chi connectivity index (χ3v) is 5.02. The Morgan fingerprint density at radius 2 is 1.46 bits per heavy atom. The van der Waals surface area contributed by atoms with Crippen LogP contribution in [-0.4, -0.2) is 4.62 Å². The summed E-state index contributed by atoms with van der Waals surface area (Å²) in [7, 11) is 0. The minimum absolute atomic E-state index is 0.846. The van der Waals surface area contributed by atoms with Gasteiger partial charge in [-0.05, 0) is 62.0 Å². The van der Waals surface area contributed by atoms with Crippen molar-refractivity contribution in [1.82, 2.24) is 0 Å². The van der Waals surface area contributed by atoms with Crippen LogP contribution in [-0.2, 0) is 0 Å². The summed E-state index contributed by atoms with van der Waals surface area (Å²) in [5.74, 6) is 0. The van der Waals surface area contributed by atoms with Crippen molar-refractivity contribution in [1.29, 1.82) is 0 Å². The molecule has 0 heterocycles. The van der Waals surface area contributed by atoms with Crippen molar-refractivity contribution in [3.8, 4) is 11.1 Å². The fourth-order valence-electron chi connectivity index (χ4n) is 3.48. The number of para-hydroxylation sites is 1. The van der Waals surface area contributed by atoms with Crippen LogP contribution in [0.5, 0.6) is 0 Å². The highest BCUT2D eigenvalue weighted by Crippen LogP contribution is 2.33. The molecule has 0 unspecified atom stereocenters. The minimum Gasteiger partial charge on any atom is -0.246 e. The summed E-state index contributed by atoms with van der Waals surface area (Å²) in [6.07, 6.45) is 0.